The van der Waals surface area contributed by atoms with E-state index in [1.54, 1.807) is 36.4 Å². The number of nitrogens with one attached hydrogen (secondary N) is 2. The summed E-state index contributed by atoms with van der Waals surface area (Å²) in [5, 5.41) is 5.37. The Balaban J connectivity index is 1.42. The maximum atomic E-state index is 12.0. The highest BCUT2D eigenvalue weighted by atomic mass is 79.9. The molecular weight excluding hydrogens is 492 g/mol. The lowest BCUT2D eigenvalue weighted by Crippen LogP contribution is -2.22. The largest absolute Gasteiger partial charge is 0.492 e. The third kappa shape index (κ3) is 6.62. The van der Waals surface area contributed by atoms with Crippen molar-refractivity contribution >= 4 is 62.4 Å². The second kappa shape index (κ2) is 10.7. The number of thioether (sulfide) groups is 1. The predicted molar refractivity (Wildman–Crippen MR) is 121 cm³/mol. The normalized spacial score (nSPS) is 14.7. The summed E-state index contributed by atoms with van der Waals surface area (Å²) in [6, 6.07) is 12.7. The molecule has 1 saturated heterocycles. The van der Waals surface area contributed by atoms with Crippen LogP contribution in [0.2, 0.25) is 5.02 Å². The summed E-state index contributed by atoms with van der Waals surface area (Å²) < 4.78 is 6.45. The zero-order valence-corrected chi connectivity index (χ0v) is 18.9. The standard InChI is InChI=1S/C21H18BrClN2O4S/c22-16-10-14(11-18-20(27)25-21(28)30-18)5-8-17(16)29-9-1-2-19(26)24-12-13-3-6-15(23)7-4-13/h3-8,10-11H,1-2,9,12H2,(H,24,26)(H,25,27,28). The van der Waals surface area contributed by atoms with E-state index in [0.717, 1.165) is 27.4 Å². The number of rotatable bonds is 8. The van der Waals surface area contributed by atoms with Crippen LogP contribution < -0.4 is 15.4 Å². The van der Waals surface area contributed by atoms with E-state index in [4.69, 9.17) is 16.3 Å². The van der Waals surface area contributed by atoms with Crippen molar-refractivity contribution in [2.45, 2.75) is 19.4 Å². The molecule has 0 aliphatic carbocycles. The van der Waals surface area contributed by atoms with Crippen molar-refractivity contribution in [1.29, 1.82) is 0 Å². The average Bonchev–Trinajstić information content (AvgIpc) is 3.03. The van der Waals surface area contributed by atoms with Gasteiger partial charge in [0.15, 0.2) is 0 Å². The molecule has 6 nitrogen and oxygen atoms in total. The molecule has 3 rings (SSSR count). The smallest absolute Gasteiger partial charge is 0.290 e. The van der Waals surface area contributed by atoms with Gasteiger partial charge in [-0.3, -0.25) is 19.7 Å². The molecule has 2 aromatic carbocycles. The third-order valence-electron chi connectivity index (χ3n) is 4.10. The Morgan fingerprint density at radius 1 is 1.20 bits per heavy atom. The van der Waals surface area contributed by atoms with Gasteiger partial charge in [0.25, 0.3) is 11.1 Å². The maximum absolute atomic E-state index is 12.0. The maximum Gasteiger partial charge on any atom is 0.290 e. The summed E-state index contributed by atoms with van der Waals surface area (Å²) in [6.07, 6.45) is 2.57. The third-order valence-corrected chi connectivity index (χ3v) is 5.79. The van der Waals surface area contributed by atoms with E-state index >= 15 is 0 Å². The molecule has 0 unspecified atom stereocenters. The fourth-order valence-electron chi connectivity index (χ4n) is 2.60. The number of benzene rings is 2. The van der Waals surface area contributed by atoms with Crippen molar-refractivity contribution in [2.75, 3.05) is 6.61 Å². The molecule has 156 valence electrons. The fraction of sp³-hybridized carbons (Fsp3) is 0.190. The van der Waals surface area contributed by atoms with E-state index < -0.39 is 5.91 Å². The Bertz CT molecular complexity index is 995. The minimum Gasteiger partial charge on any atom is -0.492 e. The number of amides is 3. The second-order valence-electron chi connectivity index (χ2n) is 6.40. The quantitative estimate of drug-likeness (QED) is 0.390. The average molecular weight is 510 g/mol. The molecule has 0 spiro atoms. The summed E-state index contributed by atoms with van der Waals surface area (Å²) in [4.78, 5) is 35.1. The zero-order valence-electron chi connectivity index (χ0n) is 15.7. The van der Waals surface area contributed by atoms with Gasteiger partial charge in [-0.25, -0.2) is 0 Å². The first kappa shape index (κ1) is 22.4. The van der Waals surface area contributed by atoms with Crippen molar-refractivity contribution in [1.82, 2.24) is 10.6 Å². The van der Waals surface area contributed by atoms with E-state index in [0.29, 0.717) is 41.7 Å². The van der Waals surface area contributed by atoms with Gasteiger partial charge in [-0.05, 0) is 75.6 Å². The van der Waals surface area contributed by atoms with Crippen LogP contribution in [0.25, 0.3) is 6.08 Å². The van der Waals surface area contributed by atoms with E-state index in [2.05, 4.69) is 26.6 Å². The number of halogens is 2. The van der Waals surface area contributed by atoms with Gasteiger partial charge in [0.05, 0.1) is 16.0 Å². The van der Waals surface area contributed by atoms with Crippen LogP contribution in [0.3, 0.4) is 0 Å². The highest BCUT2D eigenvalue weighted by Gasteiger charge is 2.24. The van der Waals surface area contributed by atoms with Gasteiger partial charge in [0.1, 0.15) is 5.75 Å². The van der Waals surface area contributed by atoms with Crippen LogP contribution >= 0.6 is 39.3 Å². The number of hydrogen-bond acceptors (Lipinski definition) is 5. The van der Waals surface area contributed by atoms with Crippen molar-refractivity contribution in [2.24, 2.45) is 0 Å². The highest BCUT2D eigenvalue weighted by Crippen LogP contribution is 2.30. The van der Waals surface area contributed by atoms with Gasteiger partial charge in [-0.1, -0.05) is 29.8 Å². The minimum atomic E-state index is -0.393. The summed E-state index contributed by atoms with van der Waals surface area (Å²) in [6.45, 7) is 0.849. The van der Waals surface area contributed by atoms with Gasteiger partial charge in [-0.15, -0.1) is 0 Å². The molecule has 2 aromatic rings. The van der Waals surface area contributed by atoms with Crippen molar-refractivity contribution in [3.8, 4) is 5.75 Å². The van der Waals surface area contributed by atoms with Crippen molar-refractivity contribution in [3.63, 3.8) is 0 Å². The molecule has 2 N–H and O–H groups in total. The first-order chi connectivity index (χ1) is 14.4. The van der Waals surface area contributed by atoms with Crippen LogP contribution in [0.4, 0.5) is 4.79 Å². The molecule has 3 amide bonds. The first-order valence-corrected chi connectivity index (χ1v) is 11.1. The topological polar surface area (TPSA) is 84.5 Å². The molecule has 9 heteroatoms. The van der Waals surface area contributed by atoms with E-state index in [1.165, 1.54) is 0 Å². The van der Waals surface area contributed by atoms with Crippen LogP contribution in [0.1, 0.15) is 24.0 Å². The van der Waals surface area contributed by atoms with Gasteiger partial charge in [0, 0.05) is 18.0 Å². The Hall–Kier alpha value is -2.29. The molecule has 1 fully saturated rings. The van der Waals surface area contributed by atoms with E-state index in [-0.39, 0.29) is 11.1 Å². The first-order valence-electron chi connectivity index (χ1n) is 9.09. The summed E-state index contributed by atoms with van der Waals surface area (Å²) in [5.74, 6) is 0.200. The lowest BCUT2D eigenvalue weighted by atomic mass is 10.2. The fourth-order valence-corrected chi connectivity index (χ4v) is 3.92. The van der Waals surface area contributed by atoms with Gasteiger partial charge in [-0.2, -0.15) is 0 Å². The van der Waals surface area contributed by atoms with Gasteiger partial charge in [0.2, 0.25) is 5.91 Å². The van der Waals surface area contributed by atoms with Gasteiger partial charge < -0.3 is 10.1 Å². The number of imide groups is 1. The molecule has 0 bridgehead atoms. The Labute approximate surface area is 191 Å². The van der Waals surface area contributed by atoms with Crippen molar-refractivity contribution in [3.05, 3.63) is 68.0 Å². The van der Waals surface area contributed by atoms with Crippen molar-refractivity contribution < 1.29 is 19.1 Å². The number of carbonyl (C=O) groups excluding carboxylic acids is 3. The Morgan fingerprint density at radius 3 is 2.63 bits per heavy atom. The second-order valence-corrected chi connectivity index (χ2v) is 8.70. The lowest BCUT2D eigenvalue weighted by molar-refractivity contribution is -0.121. The molecule has 30 heavy (non-hydrogen) atoms. The predicted octanol–water partition coefficient (Wildman–Crippen LogP) is 4.90. The number of hydrogen-bond donors (Lipinski definition) is 2. The van der Waals surface area contributed by atoms with Crippen LogP contribution in [0.5, 0.6) is 5.75 Å². The molecule has 1 heterocycles. The summed E-state index contributed by atoms with van der Waals surface area (Å²) >= 11 is 10.2. The summed E-state index contributed by atoms with van der Waals surface area (Å²) in [5.41, 5.74) is 1.75. The van der Waals surface area contributed by atoms with E-state index in [9.17, 15) is 14.4 Å². The number of carbonyl (C=O) groups is 3. The molecule has 0 atom stereocenters. The lowest BCUT2D eigenvalue weighted by Gasteiger charge is -2.09. The monoisotopic (exact) mass is 508 g/mol. The molecular formula is C21H18BrClN2O4S. The van der Waals surface area contributed by atoms with Gasteiger partial charge >= 0.3 is 0 Å². The van der Waals surface area contributed by atoms with Crippen LogP contribution in [0.15, 0.2) is 51.8 Å². The van der Waals surface area contributed by atoms with Crippen LogP contribution in [-0.4, -0.2) is 23.7 Å². The molecule has 1 aliphatic heterocycles. The number of ether oxygens (including phenoxy) is 1. The minimum absolute atomic E-state index is 0.0449. The Morgan fingerprint density at radius 2 is 1.97 bits per heavy atom. The Kier molecular flexibility index (Phi) is 7.95. The molecule has 0 aromatic heterocycles. The molecule has 0 saturated carbocycles. The molecule has 0 radical (unpaired) electrons. The van der Waals surface area contributed by atoms with Crippen LogP contribution in [-0.2, 0) is 16.1 Å². The zero-order chi connectivity index (χ0) is 21.5. The highest BCUT2D eigenvalue weighted by molar-refractivity contribution is 9.10. The van der Waals surface area contributed by atoms with Crippen LogP contribution in [0, 0.1) is 0 Å². The molecule has 1 aliphatic rings. The summed E-state index contributed by atoms with van der Waals surface area (Å²) in [7, 11) is 0. The van der Waals surface area contributed by atoms with E-state index in [1.807, 2.05) is 12.1 Å². The SMILES string of the molecule is O=C(CCCOc1ccc(C=C2SC(=O)NC2=O)cc1Br)NCc1ccc(Cl)cc1.